The fraction of sp³-hybridized carbons (Fsp3) is 0.0323. The average Bonchev–Trinajstić information content (AvgIpc) is 3.21. The molecule has 0 fully saturated rings. The summed E-state index contributed by atoms with van der Waals surface area (Å²) in [6.45, 7) is 0. The zero-order chi connectivity index (χ0) is 24.9. The fourth-order valence-electron chi connectivity index (χ4n) is 4.88. The van der Waals surface area contributed by atoms with Crippen LogP contribution < -0.4 is 0 Å². The molecule has 0 bridgehead atoms. The molecule has 0 spiro atoms. The molecule has 1 heterocycles. The second-order valence-electron chi connectivity index (χ2n) is 8.66. The van der Waals surface area contributed by atoms with Crippen LogP contribution in [0.4, 0.5) is 17.6 Å². The van der Waals surface area contributed by atoms with Crippen molar-refractivity contribution in [3.63, 3.8) is 0 Å². The van der Waals surface area contributed by atoms with Gasteiger partial charge in [0.25, 0.3) is 0 Å². The largest absolute Gasteiger partial charge is 0.421 e. The standard InChI is InChI=1S/C31H19F4N/c32-26-12-7-13-29(30(26)31(33,34)35)36-27-16-14-22(20-8-3-1-4-9-20)18-24(27)25-19-23(15-17-28(25)36)21-10-5-2-6-11-21/h1-19H. The summed E-state index contributed by atoms with van der Waals surface area (Å²) in [5, 5.41) is 1.59. The molecule has 0 aliphatic rings. The third-order valence-electron chi connectivity index (χ3n) is 6.50. The molecule has 0 unspecified atom stereocenters. The highest BCUT2D eigenvalue weighted by Gasteiger charge is 2.38. The van der Waals surface area contributed by atoms with Gasteiger partial charge in [0.05, 0.1) is 16.7 Å². The molecule has 0 radical (unpaired) electrons. The van der Waals surface area contributed by atoms with Crippen molar-refractivity contribution in [2.45, 2.75) is 6.18 Å². The molecule has 176 valence electrons. The van der Waals surface area contributed by atoms with Crippen LogP contribution in [0, 0.1) is 5.82 Å². The van der Waals surface area contributed by atoms with Crippen molar-refractivity contribution in [3.05, 3.63) is 127 Å². The van der Waals surface area contributed by atoms with E-state index in [1.165, 1.54) is 16.7 Å². The van der Waals surface area contributed by atoms with Crippen LogP contribution in [0.15, 0.2) is 115 Å². The molecule has 5 heteroatoms. The first-order valence-corrected chi connectivity index (χ1v) is 11.5. The van der Waals surface area contributed by atoms with Crippen molar-refractivity contribution in [3.8, 4) is 27.9 Å². The molecule has 6 rings (SSSR count). The molecule has 0 aliphatic heterocycles. The Kier molecular flexibility index (Phi) is 5.15. The van der Waals surface area contributed by atoms with Crippen LogP contribution >= 0.6 is 0 Å². The van der Waals surface area contributed by atoms with Crippen LogP contribution in [0.25, 0.3) is 49.7 Å². The molecule has 1 nitrogen and oxygen atoms in total. The maximum absolute atomic E-state index is 14.6. The minimum Gasteiger partial charge on any atom is -0.309 e. The fourth-order valence-corrected chi connectivity index (χ4v) is 4.88. The maximum atomic E-state index is 14.6. The third kappa shape index (κ3) is 3.64. The van der Waals surface area contributed by atoms with Gasteiger partial charge in [-0.2, -0.15) is 13.2 Å². The van der Waals surface area contributed by atoms with E-state index in [2.05, 4.69) is 0 Å². The Hall–Kier alpha value is -4.38. The van der Waals surface area contributed by atoms with E-state index in [9.17, 15) is 17.6 Å². The van der Waals surface area contributed by atoms with E-state index in [1.807, 2.05) is 97.1 Å². The van der Waals surface area contributed by atoms with Gasteiger partial charge in [0, 0.05) is 10.8 Å². The summed E-state index contributed by atoms with van der Waals surface area (Å²) in [5.74, 6) is -1.29. The Morgan fingerprint density at radius 1 is 0.500 bits per heavy atom. The molecule has 6 aromatic rings. The zero-order valence-corrected chi connectivity index (χ0v) is 18.9. The number of hydrogen-bond donors (Lipinski definition) is 0. The summed E-state index contributed by atoms with van der Waals surface area (Å²) >= 11 is 0. The Bertz CT molecular complexity index is 1620. The average molecular weight is 481 g/mol. The second kappa shape index (κ2) is 8.38. The summed E-state index contributed by atoms with van der Waals surface area (Å²) in [6.07, 6.45) is -4.85. The summed E-state index contributed by atoms with van der Waals surface area (Å²) in [7, 11) is 0. The van der Waals surface area contributed by atoms with E-state index in [0.717, 1.165) is 39.1 Å². The minimum absolute atomic E-state index is 0.234. The van der Waals surface area contributed by atoms with Crippen LogP contribution in [0.1, 0.15) is 5.56 Å². The van der Waals surface area contributed by atoms with Crippen LogP contribution in [0.3, 0.4) is 0 Å². The highest BCUT2D eigenvalue weighted by molar-refractivity contribution is 6.11. The minimum atomic E-state index is -4.85. The van der Waals surface area contributed by atoms with Crippen molar-refractivity contribution in [1.82, 2.24) is 4.57 Å². The van der Waals surface area contributed by atoms with E-state index in [0.29, 0.717) is 11.0 Å². The normalized spacial score (nSPS) is 11.9. The van der Waals surface area contributed by atoms with Crippen LogP contribution in [0.5, 0.6) is 0 Å². The molecule has 1 aromatic heterocycles. The number of rotatable bonds is 3. The highest BCUT2D eigenvalue weighted by Crippen LogP contribution is 2.41. The van der Waals surface area contributed by atoms with Crippen LogP contribution in [0.2, 0.25) is 0 Å². The zero-order valence-electron chi connectivity index (χ0n) is 18.9. The number of alkyl halides is 3. The lowest BCUT2D eigenvalue weighted by Crippen LogP contribution is -2.13. The lowest BCUT2D eigenvalue weighted by Gasteiger charge is -2.16. The van der Waals surface area contributed by atoms with Gasteiger partial charge in [0.15, 0.2) is 0 Å². The summed E-state index contributed by atoms with van der Waals surface area (Å²) in [6, 6.07) is 34.5. The van der Waals surface area contributed by atoms with Gasteiger partial charge < -0.3 is 4.57 Å². The number of halogens is 4. The molecular weight excluding hydrogens is 462 g/mol. The Morgan fingerprint density at radius 3 is 1.47 bits per heavy atom. The molecule has 0 saturated carbocycles. The number of benzene rings is 5. The molecule has 0 atom stereocenters. The second-order valence-corrected chi connectivity index (χ2v) is 8.66. The summed E-state index contributed by atoms with van der Waals surface area (Å²) < 4.78 is 58.1. The first-order valence-electron chi connectivity index (χ1n) is 11.5. The van der Waals surface area contributed by atoms with E-state index in [1.54, 1.807) is 0 Å². The Labute approximate surface area is 204 Å². The van der Waals surface area contributed by atoms with Gasteiger partial charge in [-0.05, 0) is 58.7 Å². The van der Waals surface area contributed by atoms with Crippen LogP contribution in [-0.4, -0.2) is 4.57 Å². The van der Waals surface area contributed by atoms with Crippen molar-refractivity contribution in [2.75, 3.05) is 0 Å². The van der Waals surface area contributed by atoms with Gasteiger partial charge in [-0.3, -0.25) is 0 Å². The quantitative estimate of drug-likeness (QED) is 0.222. The van der Waals surface area contributed by atoms with Gasteiger partial charge >= 0.3 is 6.18 Å². The predicted octanol–water partition coefficient (Wildman–Crippen LogP) is 9.28. The number of hydrogen-bond acceptors (Lipinski definition) is 0. The van der Waals surface area contributed by atoms with E-state index >= 15 is 0 Å². The molecule has 36 heavy (non-hydrogen) atoms. The monoisotopic (exact) mass is 481 g/mol. The molecule has 5 aromatic carbocycles. The van der Waals surface area contributed by atoms with Crippen molar-refractivity contribution >= 4 is 21.8 Å². The van der Waals surface area contributed by atoms with E-state index in [4.69, 9.17) is 0 Å². The molecular formula is C31H19F4N. The molecule has 0 saturated heterocycles. The number of aromatic nitrogens is 1. The van der Waals surface area contributed by atoms with Gasteiger partial charge in [-0.1, -0.05) is 78.9 Å². The number of nitrogens with zero attached hydrogens (tertiary/aromatic N) is 1. The molecule has 0 N–H and O–H groups in total. The SMILES string of the molecule is Fc1cccc(-n2c3ccc(-c4ccccc4)cc3c3cc(-c4ccccc4)ccc32)c1C(F)(F)F. The molecule has 0 amide bonds. The smallest absolute Gasteiger partial charge is 0.309 e. The number of fused-ring (bicyclic) bond motifs is 3. The van der Waals surface area contributed by atoms with E-state index < -0.39 is 17.6 Å². The van der Waals surface area contributed by atoms with Crippen molar-refractivity contribution < 1.29 is 17.6 Å². The van der Waals surface area contributed by atoms with Gasteiger partial charge in [-0.15, -0.1) is 0 Å². The lowest BCUT2D eigenvalue weighted by atomic mass is 10.0. The van der Waals surface area contributed by atoms with Crippen LogP contribution in [-0.2, 0) is 6.18 Å². The topological polar surface area (TPSA) is 4.93 Å². The maximum Gasteiger partial charge on any atom is 0.421 e. The first-order chi connectivity index (χ1) is 17.4. The van der Waals surface area contributed by atoms with Gasteiger partial charge in [0.2, 0.25) is 0 Å². The van der Waals surface area contributed by atoms with Crippen molar-refractivity contribution in [1.29, 1.82) is 0 Å². The lowest BCUT2D eigenvalue weighted by molar-refractivity contribution is -0.139. The first kappa shape index (κ1) is 22.1. The van der Waals surface area contributed by atoms with Crippen molar-refractivity contribution in [2.24, 2.45) is 0 Å². The van der Waals surface area contributed by atoms with Gasteiger partial charge in [-0.25, -0.2) is 4.39 Å². The predicted molar refractivity (Wildman–Crippen MR) is 137 cm³/mol. The Balaban J connectivity index is 1.71. The summed E-state index contributed by atoms with van der Waals surface area (Å²) in [5.41, 5.74) is 3.54. The Morgan fingerprint density at radius 2 is 1.00 bits per heavy atom. The summed E-state index contributed by atoms with van der Waals surface area (Å²) in [4.78, 5) is 0. The van der Waals surface area contributed by atoms with Gasteiger partial charge in [0.1, 0.15) is 11.4 Å². The molecule has 0 aliphatic carbocycles. The highest BCUT2D eigenvalue weighted by atomic mass is 19.4. The van der Waals surface area contributed by atoms with E-state index in [-0.39, 0.29) is 5.69 Å². The third-order valence-corrected chi connectivity index (χ3v) is 6.50.